The quantitative estimate of drug-likeness (QED) is 0.274. The monoisotopic (exact) mass is 494 g/mol. The van der Waals surface area contributed by atoms with Crippen LogP contribution in [0.1, 0.15) is 68.3 Å². The molecule has 7 nitrogen and oxygen atoms in total. The Balaban J connectivity index is 1.90. The summed E-state index contributed by atoms with van der Waals surface area (Å²) in [6.07, 6.45) is 3.76. The van der Waals surface area contributed by atoms with Gasteiger partial charge in [-0.05, 0) is 75.4 Å². The first kappa shape index (κ1) is 26.2. The Hall–Kier alpha value is -3.44. The molecule has 0 bridgehead atoms. The van der Waals surface area contributed by atoms with Gasteiger partial charge in [0.2, 0.25) is 0 Å². The van der Waals surface area contributed by atoms with Crippen molar-refractivity contribution < 1.29 is 23.9 Å². The summed E-state index contributed by atoms with van der Waals surface area (Å²) in [5.74, 6) is -1.59. The molecular formula is C27H30N2O5S. The Morgan fingerprint density at radius 1 is 1.09 bits per heavy atom. The van der Waals surface area contributed by atoms with Crippen LogP contribution >= 0.6 is 11.3 Å². The van der Waals surface area contributed by atoms with E-state index >= 15 is 0 Å². The highest BCUT2D eigenvalue weighted by Crippen LogP contribution is 2.31. The van der Waals surface area contributed by atoms with Crippen molar-refractivity contribution in [3.8, 4) is 6.07 Å². The second-order valence-electron chi connectivity index (χ2n) is 8.30. The van der Waals surface area contributed by atoms with Gasteiger partial charge in [0, 0.05) is 30.1 Å². The zero-order valence-corrected chi connectivity index (χ0v) is 21.4. The Bertz CT molecular complexity index is 1200. The number of aryl methyl sites for hydroxylation is 1. The van der Waals surface area contributed by atoms with Gasteiger partial charge in [0.15, 0.2) is 5.78 Å². The predicted molar refractivity (Wildman–Crippen MR) is 136 cm³/mol. The minimum Gasteiger partial charge on any atom is -0.462 e. The van der Waals surface area contributed by atoms with Gasteiger partial charge in [0.1, 0.15) is 10.9 Å². The molecule has 1 aromatic carbocycles. The van der Waals surface area contributed by atoms with Crippen LogP contribution in [0.3, 0.4) is 0 Å². The van der Waals surface area contributed by atoms with Gasteiger partial charge in [0.25, 0.3) is 0 Å². The van der Waals surface area contributed by atoms with Crippen LogP contribution in [-0.2, 0) is 20.7 Å². The number of nitrogens with zero attached hydrogens (tertiary/aromatic N) is 2. The van der Waals surface area contributed by atoms with Crippen LogP contribution in [0.5, 0.6) is 0 Å². The maximum Gasteiger partial charge on any atom is 0.348 e. The van der Waals surface area contributed by atoms with Gasteiger partial charge in [-0.1, -0.05) is 6.07 Å². The van der Waals surface area contributed by atoms with Crippen molar-refractivity contribution in [1.29, 1.82) is 5.26 Å². The Kier molecular flexibility index (Phi) is 8.83. The van der Waals surface area contributed by atoms with E-state index in [1.165, 1.54) is 12.8 Å². The minimum atomic E-state index is -0.601. The number of ether oxygens (including phenoxy) is 2. The van der Waals surface area contributed by atoms with E-state index in [-0.39, 0.29) is 35.6 Å². The number of Topliss-reactive ketones (excluding diaryl/α,β-unsaturated/α-hetero) is 1. The van der Waals surface area contributed by atoms with E-state index in [1.54, 1.807) is 26.8 Å². The summed E-state index contributed by atoms with van der Waals surface area (Å²) in [4.78, 5) is 41.1. The molecule has 1 aliphatic heterocycles. The van der Waals surface area contributed by atoms with Gasteiger partial charge in [-0.2, -0.15) is 5.26 Å². The number of rotatable bonds is 9. The summed E-state index contributed by atoms with van der Waals surface area (Å²) in [7, 11) is 0. The summed E-state index contributed by atoms with van der Waals surface area (Å²) >= 11 is 1.03. The van der Waals surface area contributed by atoms with Crippen LogP contribution in [0.2, 0.25) is 0 Å². The largest absolute Gasteiger partial charge is 0.462 e. The van der Waals surface area contributed by atoms with Gasteiger partial charge in [-0.15, -0.1) is 11.3 Å². The average molecular weight is 495 g/mol. The molecule has 8 heteroatoms. The second-order valence-corrected chi connectivity index (χ2v) is 9.41. The molecule has 0 atom stereocenters. The lowest BCUT2D eigenvalue weighted by Crippen LogP contribution is -2.17. The molecule has 2 aromatic rings. The maximum absolute atomic E-state index is 13.1. The van der Waals surface area contributed by atoms with E-state index in [9.17, 15) is 19.6 Å². The highest BCUT2D eigenvalue weighted by molar-refractivity contribution is 7.14. The van der Waals surface area contributed by atoms with E-state index in [4.69, 9.17) is 9.47 Å². The molecule has 1 aromatic heterocycles. The number of benzene rings is 1. The first-order valence-corrected chi connectivity index (χ1v) is 12.6. The van der Waals surface area contributed by atoms with Crippen LogP contribution in [0.4, 0.5) is 5.69 Å². The van der Waals surface area contributed by atoms with E-state index in [2.05, 4.69) is 11.0 Å². The van der Waals surface area contributed by atoms with Crippen molar-refractivity contribution in [2.24, 2.45) is 0 Å². The standard InChI is InChI=1S/C27H30N2O5S/c1-5-33-26(31)24-18(4)25(27(32)34-6-2)35-23(24)15-22(30)20(16-28)14-19-9-10-21(13-17(19)3)29-11-7-8-12-29/h9-10,13-14H,5-8,11-12,15H2,1-4H3/b20-14-. The molecule has 0 amide bonds. The lowest BCUT2D eigenvalue weighted by atomic mass is 10.00. The van der Waals surface area contributed by atoms with Crippen LogP contribution < -0.4 is 4.90 Å². The molecule has 3 rings (SSSR count). The Morgan fingerprint density at radius 2 is 1.74 bits per heavy atom. The molecule has 1 fully saturated rings. The number of anilines is 1. The number of nitriles is 1. The third kappa shape index (κ3) is 5.98. The number of carbonyl (C=O) groups excluding carboxylic acids is 3. The zero-order chi connectivity index (χ0) is 25.5. The highest BCUT2D eigenvalue weighted by Gasteiger charge is 2.28. The molecule has 0 spiro atoms. The fourth-order valence-corrected chi connectivity index (χ4v) is 5.31. The number of hydrogen-bond acceptors (Lipinski definition) is 8. The molecule has 0 aliphatic carbocycles. The van der Waals surface area contributed by atoms with Crippen LogP contribution in [0, 0.1) is 25.2 Å². The van der Waals surface area contributed by atoms with Crippen LogP contribution in [0.15, 0.2) is 23.8 Å². The fourth-order valence-electron chi connectivity index (χ4n) is 4.13. The lowest BCUT2D eigenvalue weighted by Gasteiger charge is -2.18. The second kappa shape index (κ2) is 11.8. The maximum atomic E-state index is 13.1. The van der Waals surface area contributed by atoms with E-state index in [0.717, 1.165) is 41.2 Å². The highest BCUT2D eigenvalue weighted by atomic mass is 32.1. The van der Waals surface area contributed by atoms with Crippen molar-refractivity contribution in [3.05, 3.63) is 55.8 Å². The van der Waals surface area contributed by atoms with Crippen LogP contribution in [-0.4, -0.2) is 44.0 Å². The SMILES string of the molecule is CCOC(=O)c1sc(CC(=O)/C(C#N)=C\c2ccc(N3CCCC3)cc2C)c(C(=O)OCC)c1C. The summed E-state index contributed by atoms with van der Waals surface area (Å²) in [5, 5.41) is 9.72. The minimum absolute atomic E-state index is 0.0134. The van der Waals surface area contributed by atoms with E-state index in [1.807, 2.05) is 25.1 Å². The van der Waals surface area contributed by atoms with E-state index in [0.29, 0.717) is 10.4 Å². The molecule has 184 valence electrons. The number of ketones is 1. The molecule has 35 heavy (non-hydrogen) atoms. The third-order valence-electron chi connectivity index (χ3n) is 5.93. The molecule has 1 saturated heterocycles. The number of allylic oxidation sites excluding steroid dienone is 1. The van der Waals surface area contributed by atoms with Crippen molar-refractivity contribution in [2.75, 3.05) is 31.2 Å². The number of thiophene rings is 1. The summed E-state index contributed by atoms with van der Waals surface area (Å²) < 4.78 is 10.3. The molecule has 0 unspecified atom stereocenters. The zero-order valence-electron chi connectivity index (χ0n) is 20.6. The summed E-state index contributed by atoms with van der Waals surface area (Å²) in [6.45, 7) is 9.39. The number of hydrogen-bond donors (Lipinski definition) is 0. The normalized spacial score (nSPS) is 13.5. The number of esters is 2. The molecule has 0 radical (unpaired) electrons. The van der Waals surface area contributed by atoms with Gasteiger partial charge in [-0.3, -0.25) is 4.79 Å². The van der Waals surface area contributed by atoms with Crippen molar-refractivity contribution in [1.82, 2.24) is 0 Å². The summed E-state index contributed by atoms with van der Waals surface area (Å²) in [5.41, 5.74) is 3.50. The molecule has 1 aliphatic rings. The fraction of sp³-hybridized carbons (Fsp3) is 0.407. The van der Waals surface area contributed by atoms with Crippen molar-refractivity contribution in [3.63, 3.8) is 0 Å². The predicted octanol–water partition coefficient (Wildman–Crippen LogP) is 5.04. The smallest absolute Gasteiger partial charge is 0.348 e. The Labute approximate surface area is 210 Å². The van der Waals surface area contributed by atoms with Gasteiger partial charge in [0.05, 0.1) is 24.4 Å². The van der Waals surface area contributed by atoms with Crippen molar-refractivity contribution >= 4 is 40.8 Å². The first-order chi connectivity index (χ1) is 16.8. The van der Waals surface area contributed by atoms with E-state index < -0.39 is 17.7 Å². The van der Waals surface area contributed by atoms with Crippen LogP contribution in [0.25, 0.3) is 6.08 Å². The number of carbonyl (C=O) groups is 3. The third-order valence-corrected chi connectivity index (χ3v) is 7.20. The molecular weight excluding hydrogens is 464 g/mol. The molecule has 2 heterocycles. The van der Waals surface area contributed by atoms with Crippen molar-refractivity contribution in [2.45, 2.75) is 47.0 Å². The topological polar surface area (TPSA) is 96.7 Å². The molecule has 0 saturated carbocycles. The summed E-state index contributed by atoms with van der Waals surface area (Å²) in [6, 6.07) is 8.01. The average Bonchev–Trinajstić information content (AvgIpc) is 3.47. The van der Waals surface area contributed by atoms with Gasteiger partial charge in [-0.25, -0.2) is 9.59 Å². The van der Waals surface area contributed by atoms with Gasteiger partial charge >= 0.3 is 11.9 Å². The van der Waals surface area contributed by atoms with Gasteiger partial charge < -0.3 is 14.4 Å². The molecule has 0 N–H and O–H groups in total. The Morgan fingerprint density at radius 3 is 2.34 bits per heavy atom. The lowest BCUT2D eigenvalue weighted by molar-refractivity contribution is -0.114. The first-order valence-electron chi connectivity index (χ1n) is 11.8.